The number of cyclic esters (lactones) is 1. The van der Waals surface area contributed by atoms with Crippen LogP contribution in [0.25, 0.3) is 0 Å². The van der Waals surface area contributed by atoms with Crippen LogP contribution in [-0.2, 0) is 30.0 Å². The fourth-order valence-electron chi connectivity index (χ4n) is 4.98. The van der Waals surface area contributed by atoms with Crippen LogP contribution in [0.2, 0.25) is 18.1 Å². The molecule has 0 spiro atoms. The van der Waals surface area contributed by atoms with Crippen LogP contribution in [0.4, 0.5) is 4.79 Å². The summed E-state index contributed by atoms with van der Waals surface area (Å²) < 4.78 is 35.2. The number of amides is 2. The average Bonchev–Trinajstić information content (AvgIpc) is 3.27. The van der Waals surface area contributed by atoms with Gasteiger partial charge in [0.05, 0.1) is 39.1 Å². The summed E-state index contributed by atoms with van der Waals surface area (Å²) in [6, 6.07) is 4.76. The van der Waals surface area contributed by atoms with Crippen LogP contribution in [0, 0.1) is 11.8 Å². The molecule has 3 rings (SSSR count). The number of hydrogen-bond acceptors (Lipinski definition) is 9. The molecule has 10 nitrogen and oxygen atoms in total. The third kappa shape index (κ3) is 7.07. The Morgan fingerprint density at radius 1 is 1.17 bits per heavy atom. The number of aliphatic hydroxyl groups is 1. The smallest absolute Gasteiger partial charge is 0.417 e. The number of imide groups is 1. The minimum atomic E-state index is -2.24. The van der Waals surface area contributed by atoms with Gasteiger partial charge in [-0.2, -0.15) is 0 Å². The topological polar surface area (TPSA) is 113 Å². The molecule has 0 radical (unpaired) electrons. The lowest BCUT2D eigenvalue weighted by molar-refractivity contribution is -0.320. The largest absolute Gasteiger partial charge is 0.493 e. The van der Waals surface area contributed by atoms with Gasteiger partial charge < -0.3 is 33.2 Å². The van der Waals surface area contributed by atoms with Crippen molar-refractivity contribution >= 4 is 20.3 Å². The molecular weight excluding hydrogens is 546 g/mol. The fourth-order valence-corrected chi connectivity index (χ4v) is 6.39. The first-order valence-corrected chi connectivity index (χ1v) is 17.3. The molecule has 0 saturated carbocycles. The van der Waals surface area contributed by atoms with E-state index in [4.69, 9.17) is 28.1 Å². The van der Waals surface area contributed by atoms with E-state index >= 15 is 0 Å². The lowest BCUT2D eigenvalue weighted by Gasteiger charge is -2.50. The summed E-state index contributed by atoms with van der Waals surface area (Å²) in [5.74, 6) is -1.83. The van der Waals surface area contributed by atoms with Crippen molar-refractivity contribution in [2.75, 3.05) is 20.8 Å². The van der Waals surface area contributed by atoms with Gasteiger partial charge in [-0.1, -0.05) is 47.6 Å². The fraction of sp³-hybridized carbons (Fsp3) is 0.733. The maximum absolute atomic E-state index is 14.1. The van der Waals surface area contributed by atoms with E-state index in [0.29, 0.717) is 17.1 Å². The summed E-state index contributed by atoms with van der Waals surface area (Å²) in [6.45, 7) is 18.5. The van der Waals surface area contributed by atoms with Crippen molar-refractivity contribution in [2.24, 2.45) is 11.8 Å². The molecule has 2 aliphatic rings. The molecule has 0 aromatic heterocycles. The molecule has 2 amide bonds. The zero-order valence-corrected chi connectivity index (χ0v) is 27.5. The van der Waals surface area contributed by atoms with E-state index in [1.807, 2.05) is 27.7 Å². The molecule has 1 N–H and O–H groups in total. The second kappa shape index (κ2) is 12.6. The van der Waals surface area contributed by atoms with Gasteiger partial charge in [0.25, 0.3) is 5.91 Å². The Morgan fingerprint density at radius 3 is 2.37 bits per heavy atom. The first-order chi connectivity index (χ1) is 19.0. The van der Waals surface area contributed by atoms with E-state index in [-0.39, 0.29) is 36.5 Å². The highest BCUT2D eigenvalue weighted by atomic mass is 28.4. The number of carbonyl (C=O) groups is 2. The maximum atomic E-state index is 14.1. The number of methoxy groups -OCH3 is 2. The van der Waals surface area contributed by atoms with Crippen molar-refractivity contribution in [3.05, 3.63) is 23.8 Å². The quantitative estimate of drug-likeness (QED) is 0.369. The van der Waals surface area contributed by atoms with Crippen molar-refractivity contribution in [3.8, 4) is 11.5 Å². The van der Waals surface area contributed by atoms with Crippen LogP contribution in [0.1, 0.15) is 60.5 Å². The molecule has 41 heavy (non-hydrogen) atoms. The van der Waals surface area contributed by atoms with Gasteiger partial charge in [0.15, 0.2) is 25.9 Å². The van der Waals surface area contributed by atoms with Gasteiger partial charge >= 0.3 is 6.09 Å². The summed E-state index contributed by atoms with van der Waals surface area (Å²) in [4.78, 5) is 28.0. The Kier molecular flexibility index (Phi) is 10.2. The molecule has 1 aromatic carbocycles. The summed E-state index contributed by atoms with van der Waals surface area (Å²) >= 11 is 0. The van der Waals surface area contributed by atoms with Gasteiger partial charge in [0.1, 0.15) is 6.61 Å². The van der Waals surface area contributed by atoms with E-state index in [2.05, 4.69) is 33.9 Å². The molecule has 2 aliphatic heterocycles. The highest BCUT2D eigenvalue weighted by Gasteiger charge is 2.56. The zero-order chi connectivity index (χ0) is 30.9. The van der Waals surface area contributed by atoms with Gasteiger partial charge in [-0.25, -0.2) is 9.69 Å². The Hall–Kier alpha value is -2.18. The standard InChI is InChI=1S/C30H49NO9Si/c1-18(2)22-17-38-28(33)31(22)27(32)26(37-16-21-12-13-23(35-8)24(14-21)36-9)30(34)15-25(19(3)20(4)39-30)40-41(10,11)29(5,6)7/h12-14,18-20,22,25-26,34H,15-17H2,1-11H3/t19-,20+,22+,25+,26+,30+/m0/s1. The van der Waals surface area contributed by atoms with Crippen molar-refractivity contribution in [1.82, 2.24) is 4.90 Å². The molecule has 1 aromatic rings. The van der Waals surface area contributed by atoms with E-state index in [1.165, 1.54) is 7.11 Å². The first-order valence-electron chi connectivity index (χ1n) is 14.4. The molecule has 232 valence electrons. The number of carbonyl (C=O) groups excluding carboxylic acids is 2. The lowest BCUT2D eigenvalue weighted by Crippen LogP contribution is -2.64. The molecule has 0 bridgehead atoms. The van der Waals surface area contributed by atoms with Gasteiger partial charge in [-0.3, -0.25) is 4.79 Å². The zero-order valence-electron chi connectivity index (χ0n) is 26.5. The van der Waals surface area contributed by atoms with Gasteiger partial charge in [-0.15, -0.1) is 0 Å². The third-order valence-electron chi connectivity index (χ3n) is 8.87. The van der Waals surface area contributed by atoms with Gasteiger partial charge in [-0.05, 0) is 48.7 Å². The van der Waals surface area contributed by atoms with Crippen LogP contribution >= 0.6 is 0 Å². The SMILES string of the molecule is COc1ccc(CO[C@H](C(=O)N2C(=O)OC[C@@H]2C(C)C)[C@@]2(O)C[C@@H](O[Si](C)(C)C(C)(C)C)[C@@H](C)[C@@H](C)O2)cc1OC. The minimum absolute atomic E-state index is 0.00257. The molecule has 0 aliphatic carbocycles. The summed E-state index contributed by atoms with van der Waals surface area (Å²) in [5, 5.41) is 12.1. The summed E-state index contributed by atoms with van der Waals surface area (Å²) in [7, 11) is 0.832. The molecule has 2 fully saturated rings. The van der Waals surface area contributed by atoms with Crippen molar-refractivity contribution in [1.29, 1.82) is 0 Å². The van der Waals surface area contributed by atoms with Gasteiger partial charge in [0, 0.05) is 12.3 Å². The number of hydrogen-bond donors (Lipinski definition) is 1. The van der Waals surface area contributed by atoms with Crippen LogP contribution < -0.4 is 9.47 Å². The second-order valence-corrected chi connectivity index (χ2v) is 17.9. The molecule has 0 unspecified atom stereocenters. The Balaban J connectivity index is 1.99. The third-order valence-corrected chi connectivity index (χ3v) is 13.4. The molecule has 11 heteroatoms. The molecular formula is C30H49NO9Si. The van der Waals surface area contributed by atoms with Crippen molar-refractivity contribution in [2.45, 2.75) is 110 Å². The second-order valence-electron chi connectivity index (χ2n) is 13.1. The predicted octanol–water partition coefficient (Wildman–Crippen LogP) is 5.12. The molecule has 2 heterocycles. The molecule has 6 atom stereocenters. The summed E-state index contributed by atoms with van der Waals surface area (Å²) in [6.07, 6.45) is -3.12. The van der Waals surface area contributed by atoms with E-state index in [0.717, 1.165) is 4.90 Å². The Bertz CT molecular complexity index is 1090. The van der Waals surface area contributed by atoms with Crippen molar-refractivity contribution < 1.29 is 42.8 Å². The van der Waals surface area contributed by atoms with Crippen LogP contribution in [0.5, 0.6) is 11.5 Å². The van der Waals surface area contributed by atoms with E-state index < -0.39 is 50.5 Å². The lowest BCUT2D eigenvalue weighted by atomic mass is 9.86. The normalized spacial score (nSPS) is 28.0. The predicted molar refractivity (Wildman–Crippen MR) is 156 cm³/mol. The van der Waals surface area contributed by atoms with E-state index in [9.17, 15) is 14.7 Å². The maximum Gasteiger partial charge on any atom is 0.417 e. The van der Waals surface area contributed by atoms with Gasteiger partial charge in [0.2, 0.25) is 5.79 Å². The Labute approximate surface area is 245 Å². The monoisotopic (exact) mass is 595 g/mol. The number of nitrogens with zero attached hydrogens (tertiary/aromatic N) is 1. The summed E-state index contributed by atoms with van der Waals surface area (Å²) in [5.41, 5.74) is 0.680. The van der Waals surface area contributed by atoms with Crippen LogP contribution in [0.3, 0.4) is 0 Å². The Morgan fingerprint density at radius 2 is 1.80 bits per heavy atom. The van der Waals surface area contributed by atoms with Crippen LogP contribution in [-0.4, -0.2) is 81.3 Å². The number of rotatable bonds is 10. The number of ether oxygens (including phenoxy) is 5. The van der Waals surface area contributed by atoms with Crippen LogP contribution in [0.15, 0.2) is 18.2 Å². The van der Waals surface area contributed by atoms with Crippen molar-refractivity contribution in [3.63, 3.8) is 0 Å². The average molecular weight is 596 g/mol. The van der Waals surface area contributed by atoms with E-state index in [1.54, 1.807) is 25.3 Å². The first kappa shape index (κ1) is 33.3. The minimum Gasteiger partial charge on any atom is -0.493 e. The molecule has 2 saturated heterocycles. The number of benzene rings is 1. The highest BCUT2D eigenvalue weighted by Crippen LogP contribution is 2.43. The highest BCUT2D eigenvalue weighted by molar-refractivity contribution is 6.74.